The van der Waals surface area contributed by atoms with E-state index >= 15 is 0 Å². The zero-order chi connectivity index (χ0) is 32.1. The summed E-state index contributed by atoms with van der Waals surface area (Å²) in [4.78, 5) is 4.98. The van der Waals surface area contributed by atoms with Crippen LogP contribution in [0.3, 0.4) is 0 Å². The van der Waals surface area contributed by atoms with Gasteiger partial charge in [0.15, 0.2) is 0 Å². The minimum Gasteiger partial charge on any atom is -0.397 e. The molecule has 1 aromatic heterocycles. The summed E-state index contributed by atoms with van der Waals surface area (Å²) in [5.74, 6) is 0. The van der Waals surface area contributed by atoms with Gasteiger partial charge in [0.2, 0.25) is 0 Å². The molecule has 0 saturated heterocycles. The summed E-state index contributed by atoms with van der Waals surface area (Å²) in [6.45, 7) is 4.00. The normalized spacial score (nSPS) is 11.6. The highest BCUT2D eigenvalue weighted by Crippen LogP contribution is 2.38. The third-order valence-electron chi connectivity index (χ3n) is 7.14. The zero-order valence-corrected chi connectivity index (χ0v) is 26.8. The standard InChI is InChI=1S/C39H29N4P.C2H6/c40-28-35(38(41)32-26-36(29-16-6-1-7-17-29)42-37(27-32)30-18-8-2-9-19-30)39(31-20-10-3-11-21-31)43-44(33-22-12-4-13-23-33)34-24-14-5-15-25-34;1-2/h1-27H,41H2;1-2H3/b38-35-,43-39-;. The van der Waals surface area contributed by atoms with Gasteiger partial charge >= 0.3 is 0 Å². The van der Waals surface area contributed by atoms with Crippen molar-refractivity contribution < 1.29 is 0 Å². The van der Waals surface area contributed by atoms with E-state index in [1.807, 2.05) is 153 Å². The number of aromatic nitrogens is 1. The number of nitrogens with zero attached hydrogens (tertiary/aromatic N) is 3. The zero-order valence-electron chi connectivity index (χ0n) is 26.0. The van der Waals surface area contributed by atoms with Gasteiger partial charge in [-0.05, 0) is 12.1 Å². The number of hydrogen-bond donors (Lipinski definition) is 1. The largest absolute Gasteiger partial charge is 0.397 e. The van der Waals surface area contributed by atoms with Crippen molar-refractivity contribution in [3.63, 3.8) is 0 Å². The lowest BCUT2D eigenvalue weighted by Crippen LogP contribution is -2.15. The summed E-state index contributed by atoms with van der Waals surface area (Å²) < 4.78 is 5.37. The average molecular weight is 615 g/mol. The topological polar surface area (TPSA) is 75.1 Å². The number of pyridine rings is 1. The number of rotatable bonds is 8. The molecule has 5 aromatic carbocycles. The lowest BCUT2D eigenvalue weighted by Gasteiger charge is -2.18. The second-order valence-corrected chi connectivity index (χ2v) is 11.9. The maximum absolute atomic E-state index is 10.7. The Morgan fingerprint density at radius 2 is 0.978 bits per heavy atom. The van der Waals surface area contributed by atoms with E-state index in [4.69, 9.17) is 15.5 Å². The van der Waals surface area contributed by atoms with Crippen LogP contribution in [0.4, 0.5) is 0 Å². The van der Waals surface area contributed by atoms with Gasteiger partial charge in [-0.1, -0.05) is 166 Å². The Bertz CT molecular complexity index is 1850. The number of nitriles is 1. The second kappa shape index (κ2) is 15.9. The summed E-state index contributed by atoms with van der Waals surface area (Å²) in [6.07, 6.45) is 0. The quantitative estimate of drug-likeness (QED) is 0.106. The third-order valence-corrected chi connectivity index (χ3v) is 9.12. The van der Waals surface area contributed by atoms with Crippen molar-refractivity contribution in [3.8, 4) is 28.6 Å². The highest BCUT2D eigenvalue weighted by molar-refractivity contribution is 7.72. The Morgan fingerprint density at radius 1 is 0.587 bits per heavy atom. The van der Waals surface area contributed by atoms with E-state index in [1.165, 1.54) is 0 Å². The highest BCUT2D eigenvalue weighted by atomic mass is 31.1. The van der Waals surface area contributed by atoms with Gasteiger partial charge in [-0.3, -0.25) is 0 Å². The molecule has 0 unspecified atom stereocenters. The molecule has 0 amide bonds. The molecule has 224 valence electrons. The lowest BCUT2D eigenvalue weighted by molar-refractivity contribution is 1.30. The molecule has 2 N–H and O–H groups in total. The van der Waals surface area contributed by atoms with Crippen molar-refractivity contribution in [2.75, 3.05) is 0 Å². The van der Waals surface area contributed by atoms with Crippen LogP contribution in [0.25, 0.3) is 28.2 Å². The van der Waals surface area contributed by atoms with Crippen LogP contribution in [-0.2, 0) is 0 Å². The number of benzene rings is 5. The van der Waals surface area contributed by atoms with E-state index in [2.05, 4.69) is 30.3 Å². The van der Waals surface area contributed by atoms with Crippen LogP contribution in [0, 0.1) is 11.3 Å². The summed E-state index contributed by atoms with van der Waals surface area (Å²) in [5, 5.41) is 12.9. The minimum atomic E-state index is -1.20. The first-order chi connectivity index (χ1) is 22.7. The second-order valence-electron chi connectivity index (χ2n) is 10.1. The molecule has 46 heavy (non-hydrogen) atoms. The minimum absolute atomic E-state index is 0.319. The average Bonchev–Trinajstić information content (AvgIpc) is 3.15. The Kier molecular flexibility index (Phi) is 11.0. The molecule has 0 spiro atoms. The predicted octanol–water partition coefficient (Wildman–Crippen LogP) is 9.17. The third kappa shape index (κ3) is 7.53. The number of nitrogens with two attached hydrogens (primary N) is 1. The van der Waals surface area contributed by atoms with Crippen molar-refractivity contribution in [2.45, 2.75) is 13.8 Å². The van der Waals surface area contributed by atoms with Gasteiger partial charge < -0.3 is 5.73 Å². The molecular formula is C41H35N4P. The van der Waals surface area contributed by atoms with Gasteiger partial charge in [0.1, 0.15) is 11.6 Å². The number of hydrogen-bond acceptors (Lipinski definition) is 4. The Labute approximate surface area is 273 Å². The maximum atomic E-state index is 10.7. The van der Waals surface area contributed by atoms with Crippen LogP contribution in [0.1, 0.15) is 25.0 Å². The molecule has 0 aliphatic carbocycles. The van der Waals surface area contributed by atoms with Gasteiger partial charge in [0.05, 0.1) is 30.9 Å². The van der Waals surface area contributed by atoms with E-state index in [0.29, 0.717) is 22.5 Å². The SMILES string of the molecule is CC.N#CC(/C(=N\P(c1ccccc1)c1ccccc1)c1ccccc1)=C(/N)c1cc(-c2ccccc2)nc(-c2ccccc2)c1. The van der Waals surface area contributed by atoms with Crippen LogP contribution in [-0.4, -0.2) is 10.7 Å². The van der Waals surface area contributed by atoms with Crippen LogP contribution >= 0.6 is 8.07 Å². The molecule has 1 heterocycles. The first-order valence-electron chi connectivity index (χ1n) is 15.3. The molecule has 6 rings (SSSR count). The van der Waals surface area contributed by atoms with Crippen molar-refractivity contribution in [1.82, 2.24) is 4.98 Å². The van der Waals surface area contributed by atoms with E-state index in [9.17, 15) is 5.26 Å². The fraction of sp³-hybridized carbons (Fsp3) is 0.0488. The van der Waals surface area contributed by atoms with Gasteiger partial charge in [-0.2, -0.15) is 5.26 Å². The first-order valence-corrected chi connectivity index (χ1v) is 16.6. The molecule has 0 bridgehead atoms. The molecule has 0 aliphatic heterocycles. The van der Waals surface area contributed by atoms with Crippen LogP contribution in [0.2, 0.25) is 0 Å². The Hall–Kier alpha value is -5.62. The number of allylic oxidation sites excluding steroid dienone is 1. The Morgan fingerprint density at radius 3 is 1.39 bits per heavy atom. The van der Waals surface area contributed by atoms with E-state index in [0.717, 1.165) is 38.7 Å². The van der Waals surface area contributed by atoms with Gasteiger partial charge in [0.25, 0.3) is 0 Å². The van der Waals surface area contributed by atoms with Gasteiger partial charge in [-0.25, -0.2) is 9.75 Å². The van der Waals surface area contributed by atoms with Crippen molar-refractivity contribution in [3.05, 3.63) is 180 Å². The maximum Gasteiger partial charge on any atom is 0.104 e. The summed E-state index contributed by atoms with van der Waals surface area (Å²) >= 11 is 0. The van der Waals surface area contributed by atoms with E-state index in [-0.39, 0.29) is 0 Å². The fourth-order valence-electron chi connectivity index (χ4n) is 4.94. The lowest BCUT2D eigenvalue weighted by atomic mass is 9.97. The van der Waals surface area contributed by atoms with Crippen molar-refractivity contribution in [2.24, 2.45) is 10.5 Å². The van der Waals surface area contributed by atoms with Gasteiger partial charge in [-0.15, -0.1) is 0 Å². The molecule has 5 heteroatoms. The molecule has 0 radical (unpaired) electrons. The van der Waals surface area contributed by atoms with Crippen LogP contribution in [0.15, 0.2) is 174 Å². The van der Waals surface area contributed by atoms with Crippen LogP contribution in [0.5, 0.6) is 0 Å². The summed E-state index contributed by atoms with van der Waals surface area (Å²) in [6, 6.07) is 56.6. The van der Waals surface area contributed by atoms with E-state index < -0.39 is 8.07 Å². The molecule has 0 saturated carbocycles. The summed E-state index contributed by atoms with van der Waals surface area (Å²) in [5.41, 5.74) is 13.2. The highest BCUT2D eigenvalue weighted by Gasteiger charge is 2.21. The van der Waals surface area contributed by atoms with Gasteiger partial charge in [0, 0.05) is 32.9 Å². The molecular weight excluding hydrogens is 579 g/mol. The fourth-order valence-corrected chi connectivity index (χ4v) is 6.79. The van der Waals surface area contributed by atoms with E-state index in [1.54, 1.807) is 0 Å². The molecule has 0 fully saturated rings. The van der Waals surface area contributed by atoms with Crippen molar-refractivity contribution in [1.29, 1.82) is 5.26 Å². The summed E-state index contributed by atoms with van der Waals surface area (Å²) in [7, 11) is -1.20. The molecule has 0 aliphatic rings. The van der Waals surface area contributed by atoms with Crippen LogP contribution < -0.4 is 16.3 Å². The molecule has 6 aromatic rings. The predicted molar refractivity (Wildman–Crippen MR) is 195 cm³/mol. The molecule has 4 nitrogen and oxygen atoms in total. The van der Waals surface area contributed by atoms with Crippen molar-refractivity contribution >= 4 is 30.1 Å². The smallest absolute Gasteiger partial charge is 0.104 e. The Balaban J connectivity index is 0.00000204. The monoisotopic (exact) mass is 614 g/mol. The first kappa shape index (κ1) is 31.8. The molecule has 0 atom stereocenters.